The minimum atomic E-state index is -1.86. The molecule has 5 heteroatoms. The van der Waals surface area contributed by atoms with E-state index < -0.39 is 8.07 Å². The fraction of sp³-hybridized carbons (Fsp3) is 0.408. The molecule has 2 aliphatic carbocycles. The molecule has 0 aromatic heterocycles. The van der Waals surface area contributed by atoms with E-state index in [9.17, 15) is 0 Å². The van der Waals surface area contributed by atoms with E-state index in [1.54, 1.807) is 10.8 Å². The van der Waals surface area contributed by atoms with Crippen LogP contribution in [0.1, 0.15) is 166 Å². The molecule has 13 rings (SSSR count). The molecule has 0 spiro atoms. The first-order valence-electron chi connectivity index (χ1n) is 29.2. The van der Waals surface area contributed by atoms with Crippen molar-refractivity contribution in [1.29, 1.82) is 0 Å². The third-order valence-electron chi connectivity index (χ3n) is 20.4. The van der Waals surface area contributed by atoms with Crippen LogP contribution in [0.4, 0.5) is 39.8 Å². The van der Waals surface area contributed by atoms with Crippen LogP contribution in [0.2, 0.25) is 19.6 Å². The Bertz CT molecular complexity index is 3480. The Morgan fingerprint density at radius 2 is 0.934 bits per heavy atom. The molecule has 0 radical (unpaired) electrons. The molecule has 0 saturated heterocycles. The highest BCUT2D eigenvalue weighted by molar-refractivity contribution is 7.01. The summed E-state index contributed by atoms with van der Waals surface area (Å²) in [5, 5.41) is 1.58. The molecule has 0 N–H and O–H groups in total. The van der Waals surface area contributed by atoms with Crippen LogP contribution in [-0.2, 0) is 27.1 Å². The molecule has 0 bridgehead atoms. The largest absolute Gasteiger partial charge is 0.335 e. The van der Waals surface area contributed by atoms with Crippen molar-refractivity contribution in [3.63, 3.8) is 0 Å². The summed E-state index contributed by atoms with van der Waals surface area (Å²) in [4.78, 5) is 8.61. The van der Waals surface area contributed by atoms with Gasteiger partial charge in [-0.05, 0) is 148 Å². The molecule has 4 atom stereocenters. The van der Waals surface area contributed by atoms with Gasteiger partial charge in [-0.3, -0.25) is 0 Å². The quantitative estimate of drug-likeness (QED) is 0.159. The monoisotopic (exact) mass is 1020 g/mol. The van der Waals surface area contributed by atoms with E-state index in [2.05, 4.69) is 256 Å². The first-order valence-corrected chi connectivity index (χ1v) is 32.7. The van der Waals surface area contributed by atoms with Gasteiger partial charge in [-0.15, -0.1) is 0 Å². The Morgan fingerprint density at radius 1 is 0.434 bits per heavy atom. The molecule has 76 heavy (non-hydrogen) atoms. The Labute approximate surface area is 458 Å². The lowest BCUT2D eigenvalue weighted by atomic mass is 9.33. The molecule has 3 nitrogen and oxygen atoms in total. The van der Waals surface area contributed by atoms with E-state index >= 15 is 0 Å². The summed E-state index contributed by atoms with van der Waals surface area (Å²) < 4.78 is 0. The van der Waals surface area contributed by atoms with E-state index in [4.69, 9.17) is 0 Å². The van der Waals surface area contributed by atoms with Gasteiger partial charge in [0, 0.05) is 50.6 Å². The zero-order valence-electron chi connectivity index (χ0n) is 48.4. The standard InChI is InChI=1S/C71H82BN3Si/c1-65(2,3)47-29-33-52(34-30-47)73-60-36-32-51(67(7,8)9)42-57(60)72-58-46-54(76(12,13)14)45-56-64(58)75(69(11)38-22-24-40-71(56,69)49-27-19-16-20-28-49)62-44-53(43-61(73)63(62)72)74-59-35-31-50(66(4,5)6)41-55(59)70(48-25-17-15-18-26-48)39-23-21-37-68(70,74)10/h15-20,25-36,41-46H,21-24,37-40H2,1-14H3. The van der Waals surface area contributed by atoms with E-state index in [1.807, 2.05) is 0 Å². The second-order valence-corrected chi connectivity index (χ2v) is 33.9. The molecule has 6 aliphatic rings. The molecule has 2 fully saturated rings. The van der Waals surface area contributed by atoms with Crippen molar-refractivity contribution in [3.05, 3.63) is 185 Å². The van der Waals surface area contributed by atoms with Gasteiger partial charge in [-0.25, -0.2) is 0 Å². The Morgan fingerprint density at radius 3 is 1.50 bits per heavy atom. The van der Waals surface area contributed by atoms with Crippen LogP contribution in [0.3, 0.4) is 0 Å². The summed E-state index contributed by atoms with van der Waals surface area (Å²) in [5.41, 5.74) is 23.2. The zero-order chi connectivity index (χ0) is 53.3. The van der Waals surface area contributed by atoms with Crippen LogP contribution in [0.5, 0.6) is 0 Å². The number of fused-ring (bicyclic) bond motifs is 10. The number of rotatable bonds is 5. The molecule has 388 valence electrons. The number of nitrogens with zero attached hydrogens (tertiary/aromatic N) is 3. The predicted octanol–water partition coefficient (Wildman–Crippen LogP) is 16.3. The highest BCUT2D eigenvalue weighted by Gasteiger charge is 2.66. The average molecular weight is 1020 g/mol. The van der Waals surface area contributed by atoms with Gasteiger partial charge in [0.1, 0.15) is 0 Å². The maximum Gasteiger partial charge on any atom is 0.252 e. The molecule has 4 heterocycles. The first kappa shape index (κ1) is 49.8. The fourth-order valence-corrected chi connectivity index (χ4v) is 17.6. The van der Waals surface area contributed by atoms with Crippen LogP contribution < -0.4 is 36.3 Å². The molecule has 2 saturated carbocycles. The minimum absolute atomic E-state index is 0.0105. The van der Waals surface area contributed by atoms with Gasteiger partial charge in [-0.2, -0.15) is 0 Å². The second kappa shape index (κ2) is 16.4. The highest BCUT2D eigenvalue weighted by atomic mass is 28.3. The Balaban J connectivity index is 1.19. The number of hydrogen-bond acceptors (Lipinski definition) is 3. The third kappa shape index (κ3) is 6.72. The van der Waals surface area contributed by atoms with Gasteiger partial charge in [0.15, 0.2) is 0 Å². The second-order valence-electron chi connectivity index (χ2n) is 28.9. The van der Waals surface area contributed by atoms with Crippen LogP contribution in [0, 0.1) is 0 Å². The summed E-state index contributed by atoms with van der Waals surface area (Å²) in [6, 6.07) is 59.4. The van der Waals surface area contributed by atoms with Gasteiger partial charge in [0.05, 0.1) is 19.2 Å². The van der Waals surface area contributed by atoms with Crippen LogP contribution in [-0.4, -0.2) is 25.9 Å². The van der Waals surface area contributed by atoms with Crippen LogP contribution >= 0.6 is 0 Å². The van der Waals surface area contributed by atoms with E-state index in [1.165, 1.54) is 115 Å². The van der Waals surface area contributed by atoms with Crippen molar-refractivity contribution in [1.82, 2.24) is 0 Å². The highest BCUT2D eigenvalue weighted by Crippen LogP contribution is 2.67. The number of anilines is 7. The summed E-state index contributed by atoms with van der Waals surface area (Å²) in [6.45, 7) is 34.5. The lowest BCUT2D eigenvalue weighted by Crippen LogP contribution is -2.65. The van der Waals surface area contributed by atoms with Crippen molar-refractivity contribution in [2.24, 2.45) is 0 Å². The van der Waals surface area contributed by atoms with Crippen molar-refractivity contribution < 1.29 is 0 Å². The SMILES string of the molecule is CC(C)(C)c1ccc(N2c3ccc(C(C)(C)C)cc3B3c4cc([Si](C)(C)C)cc5c4N(c4cc(N6c7ccc(C(C)(C)C)cc7C7(c8ccccc8)CCCCC67C)cc2c43)C2(C)CCCCC52c2ccccc2)cc1. The zero-order valence-corrected chi connectivity index (χ0v) is 49.4. The lowest BCUT2D eigenvalue weighted by Gasteiger charge is -2.55. The summed E-state index contributed by atoms with van der Waals surface area (Å²) in [5.74, 6) is 0. The average Bonchev–Trinajstić information content (AvgIpc) is 3.93. The smallest absolute Gasteiger partial charge is 0.252 e. The lowest BCUT2D eigenvalue weighted by molar-refractivity contribution is 0.214. The summed E-state index contributed by atoms with van der Waals surface area (Å²) in [6.07, 6.45) is 9.36. The topological polar surface area (TPSA) is 9.72 Å². The van der Waals surface area contributed by atoms with Crippen LogP contribution in [0.15, 0.2) is 146 Å². The molecule has 7 aromatic rings. The van der Waals surface area contributed by atoms with Gasteiger partial charge in [0.2, 0.25) is 0 Å². The maximum absolute atomic E-state index is 3.00. The van der Waals surface area contributed by atoms with Crippen molar-refractivity contribution in [3.8, 4) is 0 Å². The van der Waals surface area contributed by atoms with E-state index in [0.29, 0.717) is 0 Å². The van der Waals surface area contributed by atoms with Crippen LogP contribution in [0.25, 0.3) is 0 Å². The Kier molecular flexibility index (Phi) is 10.7. The fourth-order valence-electron chi connectivity index (χ4n) is 16.4. The molecular formula is C71H82BN3Si. The molecule has 0 amide bonds. The van der Waals surface area contributed by atoms with Crippen molar-refractivity contribution in [2.75, 3.05) is 14.7 Å². The van der Waals surface area contributed by atoms with Gasteiger partial charge in [0.25, 0.3) is 6.71 Å². The number of benzene rings is 7. The van der Waals surface area contributed by atoms with Gasteiger partial charge in [-0.1, -0.05) is 222 Å². The Hall–Kier alpha value is -5.78. The molecule has 4 aliphatic heterocycles. The molecule has 4 unspecified atom stereocenters. The first-order chi connectivity index (χ1) is 35.9. The van der Waals surface area contributed by atoms with Crippen molar-refractivity contribution >= 4 is 76.2 Å². The third-order valence-corrected chi connectivity index (χ3v) is 22.5. The number of hydrogen-bond donors (Lipinski definition) is 0. The summed E-state index contributed by atoms with van der Waals surface area (Å²) >= 11 is 0. The van der Waals surface area contributed by atoms with Gasteiger partial charge < -0.3 is 14.7 Å². The minimum Gasteiger partial charge on any atom is -0.335 e. The maximum atomic E-state index is 3.00. The van der Waals surface area contributed by atoms with E-state index in [0.717, 1.165) is 25.7 Å². The molecule has 7 aromatic carbocycles. The van der Waals surface area contributed by atoms with Crippen molar-refractivity contribution in [2.45, 2.75) is 185 Å². The van der Waals surface area contributed by atoms with E-state index in [-0.39, 0.29) is 44.9 Å². The molecular weight excluding hydrogens is 934 g/mol. The summed E-state index contributed by atoms with van der Waals surface area (Å²) in [7, 11) is -1.86. The predicted molar refractivity (Wildman–Crippen MR) is 330 cm³/mol. The van der Waals surface area contributed by atoms with Gasteiger partial charge >= 0.3 is 0 Å². The normalized spacial score (nSPS) is 24.4.